The monoisotopic (exact) mass is 196 g/mol. The Morgan fingerprint density at radius 2 is 2.07 bits per heavy atom. The maximum atomic E-state index is 6.25. The standard InChI is InChI=1S/C11H23N.CN/c1-3-4-5-8-12-9-6-7-11(2)10-12;1-2/h11H,3-10H2,1-2H3;/q;-1/p+1. The summed E-state index contributed by atoms with van der Waals surface area (Å²) in [4.78, 5) is 1.86. The minimum Gasteiger partial charge on any atom is -0.512 e. The third-order valence-electron chi connectivity index (χ3n) is 3.00. The van der Waals surface area contributed by atoms with Crippen molar-refractivity contribution in [3.63, 3.8) is 0 Å². The first-order valence-corrected chi connectivity index (χ1v) is 5.89. The lowest BCUT2D eigenvalue weighted by atomic mass is 10.00. The summed E-state index contributed by atoms with van der Waals surface area (Å²) in [7, 11) is 0. The lowest BCUT2D eigenvalue weighted by Gasteiger charge is -2.27. The Morgan fingerprint density at radius 1 is 1.36 bits per heavy atom. The Bertz CT molecular complexity index is 143. The molecule has 1 fully saturated rings. The van der Waals surface area contributed by atoms with Gasteiger partial charge in [-0.3, -0.25) is 0 Å². The molecule has 0 aromatic heterocycles. The third-order valence-corrected chi connectivity index (χ3v) is 3.00. The van der Waals surface area contributed by atoms with Crippen molar-refractivity contribution in [2.75, 3.05) is 19.6 Å². The summed E-state index contributed by atoms with van der Waals surface area (Å²) in [5.41, 5.74) is 0. The van der Waals surface area contributed by atoms with Crippen LogP contribution in [0.1, 0.15) is 46.0 Å². The predicted molar refractivity (Wildman–Crippen MR) is 58.5 cm³/mol. The number of hydrogen-bond acceptors (Lipinski definition) is 1. The molecule has 0 aromatic rings. The average molecular weight is 196 g/mol. The van der Waals surface area contributed by atoms with Gasteiger partial charge in [-0.25, -0.2) is 0 Å². The molecule has 2 unspecified atom stereocenters. The second-order valence-corrected chi connectivity index (χ2v) is 4.41. The van der Waals surface area contributed by atoms with Crippen LogP contribution in [0.25, 0.3) is 0 Å². The van der Waals surface area contributed by atoms with Gasteiger partial charge >= 0.3 is 0 Å². The van der Waals surface area contributed by atoms with Crippen molar-refractivity contribution < 1.29 is 4.90 Å². The fourth-order valence-electron chi connectivity index (χ4n) is 2.25. The number of nitrogens with one attached hydrogen (secondary N) is 1. The molecule has 0 saturated carbocycles. The topological polar surface area (TPSA) is 28.2 Å². The van der Waals surface area contributed by atoms with E-state index in [4.69, 9.17) is 11.8 Å². The molecule has 0 amide bonds. The Hall–Kier alpha value is -0.550. The van der Waals surface area contributed by atoms with Crippen molar-refractivity contribution >= 4 is 0 Å². The lowest BCUT2D eigenvalue weighted by molar-refractivity contribution is -0.908. The van der Waals surface area contributed by atoms with E-state index >= 15 is 0 Å². The molecule has 82 valence electrons. The molecular formula is C12H24N2. The second kappa shape index (κ2) is 9.02. The molecule has 0 aromatic carbocycles. The molecule has 2 nitrogen and oxygen atoms in total. The maximum Gasteiger partial charge on any atom is 0.0796 e. The molecule has 1 aliphatic rings. The first-order valence-electron chi connectivity index (χ1n) is 5.89. The summed E-state index contributed by atoms with van der Waals surface area (Å²) in [6, 6.07) is 0. The molecule has 0 bridgehead atoms. The van der Waals surface area contributed by atoms with Crippen LogP contribution in [0.3, 0.4) is 0 Å². The summed E-state index contributed by atoms with van der Waals surface area (Å²) in [6.07, 6.45) is 7.17. The van der Waals surface area contributed by atoms with Crippen molar-refractivity contribution in [1.29, 1.82) is 5.26 Å². The molecule has 2 atom stereocenters. The highest BCUT2D eigenvalue weighted by Crippen LogP contribution is 2.04. The SMILES string of the molecule is CCCCC[NH+]1CCCC(C)C1.[C-]#N. The zero-order valence-electron chi connectivity index (χ0n) is 9.68. The van der Waals surface area contributed by atoms with Gasteiger partial charge in [0.15, 0.2) is 0 Å². The highest BCUT2D eigenvalue weighted by Gasteiger charge is 2.18. The van der Waals surface area contributed by atoms with Gasteiger partial charge in [0.1, 0.15) is 0 Å². The Morgan fingerprint density at radius 3 is 2.64 bits per heavy atom. The highest BCUT2D eigenvalue weighted by atomic mass is 15.1. The van der Waals surface area contributed by atoms with Crippen molar-refractivity contribution in [2.45, 2.75) is 46.0 Å². The summed E-state index contributed by atoms with van der Waals surface area (Å²) in [5.74, 6) is 0.982. The Balaban J connectivity index is 0.000000791. The van der Waals surface area contributed by atoms with E-state index in [1.165, 1.54) is 51.7 Å². The van der Waals surface area contributed by atoms with Crippen LogP contribution < -0.4 is 4.90 Å². The minimum atomic E-state index is 0.982. The molecule has 14 heavy (non-hydrogen) atoms. The molecule has 1 N–H and O–H groups in total. The van der Waals surface area contributed by atoms with Crippen molar-refractivity contribution in [1.82, 2.24) is 0 Å². The van der Waals surface area contributed by atoms with E-state index in [0.717, 1.165) is 5.92 Å². The molecule has 0 spiro atoms. The van der Waals surface area contributed by atoms with Gasteiger partial charge < -0.3 is 16.7 Å². The number of likely N-dealkylation sites (tertiary alicyclic amines) is 1. The molecular weight excluding hydrogens is 172 g/mol. The smallest absolute Gasteiger partial charge is 0.0796 e. The summed E-state index contributed by atoms with van der Waals surface area (Å²) < 4.78 is 0. The number of rotatable bonds is 4. The normalized spacial score (nSPS) is 26.3. The fraction of sp³-hybridized carbons (Fsp3) is 0.917. The molecule has 1 heterocycles. The number of piperidine rings is 1. The Labute approximate surface area is 88.9 Å². The van der Waals surface area contributed by atoms with Crippen LogP contribution in [0, 0.1) is 17.8 Å². The van der Waals surface area contributed by atoms with E-state index < -0.39 is 0 Å². The largest absolute Gasteiger partial charge is 0.512 e. The number of hydrogen-bond donors (Lipinski definition) is 1. The summed E-state index contributed by atoms with van der Waals surface area (Å²) in [5, 5.41) is 6.25. The van der Waals surface area contributed by atoms with Gasteiger partial charge in [0.2, 0.25) is 0 Å². The van der Waals surface area contributed by atoms with Gasteiger partial charge in [0.25, 0.3) is 0 Å². The molecule has 0 radical (unpaired) electrons. The van der Waals surface area contributed by atoms with Crippen molar-refractivity contribution in [3.05, 3.63) is 6.57 Å². The first-order chi connectivity index (χ1) is 6.83. The van der Waals surface area contributed by atoms with E-state index in [2.05, 4.69) is 13.8 Å². The maximum absolute atomic E-state index is 6.25. The van der Waals surface area contributed by atoms with Gasteiger partial charge in [-0.15, -0.1) is 0 Å². The van der Waals surface area contributed by atoms with E-state index in [9.17, 15) is 0 Å². The highest BCUT2D eigenvalue weighted by molar-refractivity contribution is 4.55. The third kappa shape index (κ3) is 5.99. The van der Waals surface area contributed by atoms with Crippen molar-refractivity contribution in [3.8, 4) is 0 Å². The zero-order chi connectivity index (χ0) is 10.8. The molecule has 1 aliphatic heterocycles. The van der Waals surface area contributed by atoms with Crippen LogP contribution in [0.2, 0.25) is 0 Å². The summed E-state index contributed by atoms with van der Waals surface area (Å²) in [6.45, 7) is 13.7. The number of quaternary nitrogens is 1. The van der Waals surface area contributed by atoms with E-state index in [-0.39, 0.29) is 0 Å². The van der Waals surface area contributed by atoms with Gasteiger partial charge in [0.05, 0.1) is 19.6 Å². The fourth-order valence-corrected chi connectivity index (χ4v) is 2.25. The van der Waals surface area contributed by atoms with Gasteiger partial charge in [-0.05, 0) is 25.7 Å². The number of unbranched alkanes of at least 4 members (excludes halogenated alkanes) is 2. The molecule has 1 saturated heterocycles. The zero-order valence-corrected chi connectivity index (χ0v) is 9.68. The molecule has 0 aliphatic carbocycles. The number of nitrogens with zero attached hydrogens (tertiary/aromatic N) is 1. The Kier molecular flexibility index (Phi) is 8.67. The lowest BCUT2D eigenvalue weighted by Crippen LogP contribution is -3.13. The minimum absolute atomic E-state index is 0.982. The van der Waals surface area contributed by atoms with Gasteiger partial charge in [-0.2, -0.15) is 0 Å². The quantitative estimate of drug-likeness (QED) is 0.537. The van der Waals surface area contributed by atoms with E-state index in [1.807, 2.05) is 4.90 Å². The average Bonchev–Trinajstić information content (AvgIpc) is 2.21. The van der Waals surface area contributed by atoms with Crippen LogP contribution >= 0.6 is 0 Å². The van der Waals surface area contributed by atoms with Gasteiger partial charge in [-0.1, -0.05) is 20.3 Å². The van der Waals surface area contributed by atoms with Crippen LogP contribution in [0.15, 0.2) is 0 Å². The van der Waals surface area contributed by atoms with Crippen LogP contribution in [-0.4, -0.2) is 19.6 Å². The molecule has 1 rings (SSSR count). The van der Waals surface area contributed by atoms with Crippen LogP contribution in [0.4, 0.5) is 0 Å². The van der Waals surface area contributed by atoms with Gasteiger partial charge in [0, 0.05) is 5.92 Å². The first kappa shape index (κ1) is 13.4. The van der Waals surface area contributed by atoms with Crippen molar-refractivity contribution in [2.24, 2.45) is 5.92 Å². The second-order valence-electron chi connectivity index (χ2n) is 4.41. The van der Waals surface area contributed by atoms with Crippen LogP contribution in [0.5, 0.6) is 0 Å². The van der Waals surface area contributed by atoms with E-state index in [0.29, 0.717) is 0 Å². The van der Waals surface area contributed by atoms with E-state index in [1.54, 1.807) is 0 Å². The van der Waals surface area contributed by atoms with Crippen LogP contribution in [-0.2, 0) is 0 Å². The summed E-state index contributed by atoms with van der Waals surface area (Å²) >= 11 is 0. The molecule has 2 heteroatoms. The predicted octanol–water partition coefficient (Wildman–Crippen LogP) is 1.59.